The Balaban J connectivity index is 2.01. The van der Waals surface area contributed by atoms with Gasteiger partial charge >= 0.3 is 0 Å². The number of rotatable bonds is 4. The van der Waals surface area contributed by atoms with Gasteiger partial charge in [-0.1, -0.05) is 23.7 Å². The maximum Gasteiger partial charge on any atom is 0.217 e. The van der Waals surface area contributed by atoms with E-state index in [0.29, 0.717) is 11.6 Å². The van der Waals surface area contributed by atoms with Crippen LogP contribution in [-0.2, 0) is 16.6 Å². The first-order valence-electron chi connectivity index (χ1n) is 5.70. The van der Waals surface area contributed by atoms with E-state index in [9.17, 15) is 8.42 Å². The van der Waals surface area contributed by atoms with Gasteiger partial charge in [-0.15, -0.1) is 0 Å². The van der Waals surface area contributed by atoms with E-state index < -0.39 is 15.3 Å². The van der Waals surface area contributed by atoms with Crippen LogP contribution in [0.2, 0.25) is 5.02 Å². The van der Waals surface area contributed by atoms with Crippen LogP contribution < -0.4 is 15.6 Å². The molecule has 1 aliphatic rings. The molecule has 2 rings (SSSR count). The fourth-order valence-corrected chi connectivity index (χ4v) is 3.61. The first kappa shape index (κ1) is 13.8. The summed E-state index contributed by atoms with van der Waals surface area (Å²) in [6, 6.07) is 7.03. The van der Waals surface area contributed by atoms with Crippen molar-refractivity contribution in [3.8, 4) is 0 Å². The summed E-state index contributed by atoms with van der Waals surface area (Å²) in [5.41, 5.74) is 6.58. The highest BCUT2D eigenvalue weighted by Crippen LogP contribution is 2.12. The van der Waals surface area contributed by atoms with Crippen molar-refractivity contribution in [3.05, 3.63) is 34.9 Å². The largest absolute Gasteiger partial charge is 0.256 e. The minimum atomic E-state index is -3.34. The Hall–Kier alpha value is -0.660. The van der Waals surface area contributed by atoms with Gasteiger partial charge in [0.2, 0.25) is 10.0 Å². The Morgan fingerprint density at radius 3 is 2.89 bits per heavy atom. The van der Waals surface area contributed by atoms with Crippen molar-refractivity contribution in [2.45, 2.75) is 24.8 Å². The van der Waals surface area contributed by atoms with Crippen LogP contribution >= 0.6 is 11.6 Å². The molecule has 0 amide bonds. The van der Waals surface area contributed by atoms with Gasteiger partial charge in [-0.25, -0.2) is 13.1 Å². The standard InChI is InChI=1S/C11H16ClN3O2S/c1-8-11(7-13-15-8)18(16,17)14-6-9-3-2-4-10(12)5-9/h2-5,8,11,13-15H,6-7H2,1H3. The third-order valence-corrected chi connectivity index (χ3v) is 5.11. The van der Waals surface area contributed by atoms with Gasteiger partial charge < -0.3 is 0 Å². The number of sulfonamides is 1. The maximum absolute atomic E-state index is 12.1. The summed E-state index contributed by atoms with van der Waals surface area (Å²) < 4.78 is 26.8. The van der Waals surface area contributed by atoms with Gasteiger partial charge in [0.1, 0.15) is 5.25 Å². The molecule has 2 unspecified atom stereocenters. The second-order valence-electron chi connectivity index (χ2n) is 4.35. The molecule has 7 heteroatoms. The Morgan fingerprint density at radius 2 is 2.28 bits per heavy atom. The van der Waals surface area contributed by atoms with Gasteiger partial charge in [-0.2, -0.15) is 0 Å². The topological polar surface area (TPSA) is 70.2 Å². The maximum atomic E-state index is 12.1. The highest BCUT2D eigenvalue weighted by Gasteiger charge is 2.34. The molecule has 0 spiro atoms. The van der Waals surface area contributed by atoms with E-state index in [0.717, 1.165) is 5.56 Å². The molecule has 1 heterocycles. The summed E-state index contributed by atoms with van der Waals surface area (Å²) in [7, 11) is -3.34. The molecule has 1 aromatic rings. The number of nitrogens with one attached hydrogen (secondary N) is 3. The normalized spacial score (nSPS) is 24.3. The van der Waals surface area contributed by atoms with Crippen LogP contribution in [0.1, 0.15) is 12.5 Å². The molecule has 1 aromatic carbocycles. The molecule has 2 atom stereocenters. The summed E-state index contributed by atoms with van der Waals surface area (Å²) in [5, 5.41) is 0.140. The zero-order valence-electron chi connectivity index (χ0n) is 9.98. The number of hydrogen-bond donors (Lipinski definition) is 3. The monoisotopic (exact) mass is 289 g/mol. The molecule has 1 saturated heterocycles. The summed E-state index contributed by atoms with van der Waals surface area (Å²) in [6.07, 6.45) is 0. The molecule has 0 bridgehead atoms. The Labute approximate surface area is 112 Å². The first-order chi connectivity index (χ1) is 8.49. The van der Waals surface area contributed by atoms with Crippen LogP contribution in [0.15, 0.2) is 24.3 Å². The van der Waals surface area contributed by atoms with E-state index in [4.69, 9.17) is 11.6 Å². The Bertz CT molecular complexity index is 521. The predicted octanol–water partition coefficient (Wildman–Crippen LogP) is 0.624. The fraction of sp³-hybridized carbons (Fsp3) is 0.455. The summed E-state index contributed by atoms with van der Waals surface area (Å²) in [5.74, 6) is 0. The van der Waals surface area contributed by atoms with Gasteiger partial charge in [0, 0.05) is 24.2 Å². The zero-order chi connectivity index (χ0) is 13.2. The highest BCUT2D eigenvalue weighted by atomic mass is 35.5. The van der Waals surface area contributed by atoms with Crippen LogP contribution in [0.25, 0.3) is 0 Å². The summed E-state index contributed by atoms with van der Waals surface area (Å²) >= 11 is 5.85. The van der Waals surface area contributed by atoms with Crippen molar-refractivity contribution in [1.29, 1.82) is 0 Å². The van der Waals surface area contributed by atoms with Gasteiger partial charge in [0.15, 0.2) is 0 Å². The van der Waals surface area contributed by atoms with Crippen molar-refractivity contribution in [1.82, 2.24) is 15.6 Å². The molecule has 0 aliphatic carbocycles. The second-order valence-corrected chi connectivity index (χ2v) is 6.77. The molecule has 100 valence electrons. The van der Waals surface area contributed by atoms with E-state index in [2.05, 4.69) is 15.6 Å². The van der Waals surface area contributed by atoms with Crippen LogP contribution in [0.4, 0.5) is 0 Å². The van der Waals surface area contributed by atoms with Crippen molar-refractivity contribution in [2.75, 3.05) is 6.54 Å². The van der Waals surface area contributed by atoms with Crippen LogP contribution in [0.5, 0.6) is 0 Å². The lowest BCUT2D eigenvalue weighted by molar-refractivity contribution is 0.549. The molecule has 0 radical (unpaired) electrons. The minimum absolute atomic E-state index is 0.109. The summed E-state index contributed by atoms with van der Waals surface area (Å²) in [4.78, 5) is 0. The van der Waals surface area contributed by atoms with E-state index in [1.807, 2.05) is 13.0 Å². The van der Waals surface area contributed by atoms with Crippen LogP contribution in [0, 0.1) is 0 Å². The molecule has 1 fully saturated rings. The molecule has 18 heavy (non-hydrogen) atoms. The lowest BCUT2D eigenvalue weighted by Crippen LogP contribution is -2.41. The first-order valence-corrected chi connectivity index (χ1v) is 7.63. The number of hydrogen-bond acceptors (Lipinski definition) is 4. The fourth-order valence-electron chi connectivity index (χ4n) is 1.91. The molecule has 0 aromatic heterocycles. The third-order valence-electron chi connectivity index (χ3n) is 2.96. The average molecular weight is 290 g/mol. The molecular formula is C11H16ClN3O2S. The van der Waals surface area contributed by atoms with Crippen molar-refractivity contribution >= 4 is 21.6 Å². The molecular weight excluding hydrogens is 274 g/mol. The SMILES string of the molecule is CC1NNCC1S(=O)(=O)NCc1cccc(Cl)c1. The van der Waals surface area contributed by atoms with E-state index in [1.165, 1.54) is 0 Å². The number of hydrazine groups is 1. The number of halogens is 1. The zero-order valence-corrected chi connectivity index (χ0v) is 11.6. The van der Waals surface area contributed by atoms with E-state index in [-0.39, 0.29) is 12.6 Å². The molecule has 0 saturated carbocycles. The molecule has 5 nitrogen and oxygen atoms in total. The average Bonchev–Trinajstić information content (AvgIpc) is 2.74. The van der Waals surface area contributed by atoms with E-state index in [1.54, 1.807) is 18.2 Å². The predicted molar refractivity (Wildman–Crippen MR) is 71.6 cm³/mol. The quantitative estimate of drug-likeness (QED) is 0.760. The van der Waals surface area contributed by atoms with Crippen molar-refractivity contribution in [2.24, 2.45) is 0 Å². The Kier molecular flexibility index (Phi) is 4.24. The van der Waals surface area contributed by atoms with Crippen LogP contribution in [-0.4, -0.2) is 26.3 Å². The minimum Gasteiger partial charge on any atom is -0.256 e. The summed E-state index contributed by atoms with van der Waals surface area (Å²) in [6.45, 7) is 2.50. The Morgan fingerprint density at radius 1 is 1.50 bits per heavy atom. The molecule has 1 aliphatic heterocycles. The van der Waals surface area contributed by atoms with Gasteiger partial charge in [0.05, 0.1) is 0 Å². The third kappa shape index (κ3) is 3.21. The van der Waals surface area contributed by atoms with Gasteiger partial charge in [-0.3, -0.25) is 10.9 Å². The smallest absolute Gasteiger partial charge is 0.217 e. The lowest BCUT2D eigenvalue weighted by Gasteiger charge is -2.15. The van der Waals surface area contributed by atoms with Gasteiger partial charge in [0.25, 0.3) is 0 Å². The highest BCUT2D eigenvalue weighted by molar-refractivity contribution is 7.90. The molecule has 3 N–H and O–H groups in total. The van der Waals surface area contributed by atoms with E-state index >= 15 is 0 Å². The van der Waals surface area contributed by atoms with Crippen molar-refractivity contribution < 1.29 is 8.42 Å². The second kappa shape index (κ2) is 5.54. The van der Waals surface area contributed by atoms with Crippen LogP contribution in [0.3, 0.4) is 0 Å². The lowest BCUT2D eigenvalue weighted by atomic mass is 10.2. The number of benzene rings is 1. The van der Waals surface area contributed by atoms with Crippen molar-refractivity contribution in [3.63, 3.8) is 0 Å². The van der Waals surface area contributed by atoms with Gasteiger partial charge in [-0.05, 0) is 24.6 Å².